The third-order valence-corrected chi connectivity index (χ3v) is 5.28. The smallest absolute Gasteiger partial charge is 0.339 e. The van der Waals surface area contributed by atoms with Crippen molar-refractivity contribution in [2.75, 3.05) is 24.7 Å². The number of Topliss-reactive ketones (excluding diaryl/α,β-unsaturated/α-hetero) is 1. The van der Waals surface area contributed by atoms with Gasteiger partial charge in [-0.1, -0.05) is 20.8 Å². The van der Waals surface area contributed by atoms with E-state index in [0.717, 1.165) is 29.7 Å². The molecule has 2 aromatic rings. The molecule has 0 bridgehead atoms. The topological polar surface area (TPSA) is 68.7 Å². The lowest BCUT2D eigenvalue weighted by Crippen LogP contribution is -2.30. The molecule has 1 atom stereocenters. The number of fused-ring (bicyclic) bond motifs is 1. The first-order valence-electron chi connectivity index (χ1n) is 10.2. The van der Waals surface area contributed by atoms with Crippen LogP contribution < -0.4 is 9.64 Å². The van der Waals surface area contributed by atoms with Crippen molar-refractivity contribution >= 4 is 23.3 Å². The monoisotopic (exact) mass is 396 g/mol. The van der Waals surface area contributed by atoms with Gasteiger partial charge in [0.15, 0.2) is 17.4 Å². The van der Waals surface area contributed by atoms with Gasteiger partial charge in [0.1, 0.15) is 6.61 Å². The SMILES string of the molecule is CCOC(=O)c1cnc2c(c1)OCCN2c1ccc(C(=O)C(C)CC)c(CC)c1. The number of nitrogens with zero attached hydrogens (tertiary/aromatic N) is 2. The van der Waals surface area contributed by atoms with Crippen LogP contribution in [0.3, 0.4) is 0 Å². The van der Waals surface area contributed by atoms with E-state index in [1.807, 2.05) is 26.0 Å². The van der Waals surface area contributed by atoms with Gasteiger partial charge in [-0.2, -0.15) is 0 Å². The molecule has 0 fully saturated rings. The number of rotatable bonds is 7. The van der Waals surface area contributed by atoms with Gasteiger partial charge in [-0.25, -0.2) is 9.78 Å². The summed E-state index contributed by atoms with van der Waals surface area (Å²) in [6.07, 6.45) is 3.12. The van der Waals surface area contributed by atoms with Crippen molar-refractivity contribution in [3.63, 3.8) is 0 Å². The predicted molar refractivity (Wildman–Crippen MR) is 112 cm³/mol. The predicted octanol–water partition coefficient (Wildman–Crippen LogP) is 4.58. The maximum absolute atomic E-state index is 12.7. The van der Waals surface area contributed by atoms with Crippen LogP contribution in [0.4, 0.5) is 11.5 Å². The second-order valence-electron chi connectivity index (χ2n) is 7.13. The van der Waals surface area contributed by atoms with Crippen LogP contribution >= 0.6 is 0 Å². The molecule has 0 aliphatic carbocycles. The molecule has 1 aliphatic rings. The van der Waals surface area contributed by atoms with E-state index < -0.39 is 5.97 Å². The zero-order valence-corrected chi connectivity index (χ0v) is 17.5. The minimum absolute atomic E-state index is 0.0122. The molecule has 1 aromatic carbocycles. The second kappa shape index (κ2) is 9.07. The van der Waals surface area contributed by atoms with Crippen molar-refractivity contribution in [2.45, 2.75) is 40.5 Å². The van der Waals surface area contributed by atoms with E-state index in [4.69, 9.17) is 9.47 Å². The number of ketones is 1. The normalized spacial score (nSPS) is 14.0. The maximum atomic E-state index is 12.7. The van der Waals surface area contributed by atoms with E-state index in [0.29, 0.717) is 36.9 Å². The van der Waals surface area contributed by atoms with Gasteiger partial charge in [0.05, 0.1) is 18.7 Å². The Morgan fingerprint density at radius 2 is 2.03 bits per heavy atom. The van der Waals surface area contributed by atoms with Gasteiger partial charge < -0.3 is 14.4 Å². The van der Waals surface area contributed by atoms with Crippen LogP contribution in [-0.4, -0.2) is 36.5 Å². The fourth-order valence-electron chi connectivity index (χ4n) is 3.41. The van der Waals surface area contributed by atoms with Gasteiger partial charge in [0.25, 0.3) is 0 Å². The number of benzene rings is 1. The van der Waals surface area contributed by atoms with Crippen LogP contribution in [0.25, 0.3) is 0 Å². The Bertz CT molecular complexity index is 910. The zero-order valence-electron chi connectivity index (χ0n) is 17.5. The molecule has 0 N–H and O–H groups in total. The number of ether oxygens (including phenoxy) is 2. The molecule has 154 valence electrons. The van der Waals surface area contributed by atoms with Gasteiger partial charge in [-0.3, -0.25) is 4.79 Å². The summed E-state index contributed by atoms with van der Waals surface area (Å²) in [6, 6.07) is 7.62. The highest BCUT2D eigenvalue weighted by atomic mass is 16.5. The number of hydrogen-bond acceptors (Lipinski definition) is 6. The Hall–Kier alpha value is -2.89. The molecule has 6 heteroatoms. The number of carbonyl (C=O) groups is 2. The highest BCUT2D eigenvalue weighted by Crippen LogP contribution is 2.36. The highest BCUT2D eigenvalue weighted by molar-refractivity contribution is 5.99. The van der Waals surface area contributed by atoms with E-state index in [-0.39, 0.29) is 11.7 Å². The Morgan fingerprint density at radius 1 is 1.24 bits per heavy atom. The molecule has 3 rings (SSSR count). The summed E-state index contributed by atoms with van der Waals surface area (Å²) in [6.45, 7) is 9.26. The number of aryl methyl sites for hydroxylation is 1. The van der Waals surface area contributed by atoms with Gasteiger partial charge >= 0.3 is 5.97 Å². The lowest BCUT2D eigenvalue weighted by atomic mass is 9.92. The van der Waals surface area contributed by atoms with Crippen LogP contribution in [-0.2, 0) is 11.2 Å². The Labute approximate surface area is 171 Å². The molecule has 29 heavy (non-hydrogen) atoms. The van der Waals surface area contributed by atoms with E-state index in [9.17, 15) is 9.59 Å². The summed E-state index contributed by atoms with van der Waals surface area (Å²) in [5.74, 6) is 1.00. The molecule has 0 spiro atoms. The molecule has 2 heterocycles. The molecule has 1 aliphatic heterocycles. The summed E-state index contributed by atoms with van der Waals surface area (Å²) < 4.78 is 10.8. The second-order valence-corrected chi connectivity index (χ2v) is 7.13. The lowest BCUT2D eigenvalue weighted by molar-refractivity contribution is 0.0525. The van der Waals surface area contributed by atoms with E-state index in [2.05, 4.69) is 22.9 Å². The van der Waals surface area contributed by atoms with Crippen LogP contribution in [0.1, 0.15) is 60.4 Å². The van der Waals surface area contributed by atoms with Gasteiger partial charge in [0, 0.05) is 29.4 Å². The summed E-state index contributed by atoms with van der Waals surface area (Å²) in [5.41, 5.74) is 3.16. The largest absolute Gasteiger partial charge is 0.488 e. The summed E-state index contributed by atoms with van der Waals surface area (Å²) in [4.78, 5) is 31.2. The number of pyridine rings is 1. The molecule has 0 amide bonds. The quantitative estimate of drug-likeness (QED) is 0.504. The Balaban J connectivity index is 1.94. The lowest BCUT2D eigenvalue weighted by Gasteiger charge is -2.30. The summed E-state index contributed by atoms with van der Waals surface area (Å²) in [7, 11) is 0. The van der Waals surface area contributed by atoms with Crippen molar-refractivity contribution in [3.05, 3.63) is 47.2 Å². The first-order valence-corrected chi connectivity index (χ1v) is 10.2. The molecule has 0 saturated heterocycles. The number of esters is 1. The van der Waals surface area contributed by atoms with Crippen molar-refractivity contribution in [1.29, 1.82) is 0 Å². The van der Waals surface area contributed by atoms with Crippen LogP contribution in [0, 0.1) is 5.92 Å². The van der Waals surface area contributed by atoms with E-state index >= 15 is 0 Å². The van der Waals surface area contributed by atoms with Crippen molar-refractivity contribution in [3.8, 4) is 5.75 Å². The fraction of sp³-hybridized carbons (Fsp3) is 0.435. The molecule has 6 nitrogen and oxygen atoms in total. The molecule has 0 saturated carbocycles. The first kappa shape index (κ1) is 20.8. The van der Waals surface area contributed by atoms with E-state index in [1.54, 1.807) is 13.0 Å². The average Bonchev–Trinajstić information content (AvgIpc) is 2.76. The number of anilines is 2. The Morgan fingerprint density at radius 3 is 2.72 bits per heavy atom. The first-order chi connectivity index (χ1) is 14.0. The van der Waals surface area contributed by atoms with Crippen LogP contribution in [0.2, 0.25) is 0 Å². The summed E-state index contributed by atoms with van der Waals surface area (Å²) in [5, 5.41) is 0. The average molecular weight is 396 g/mol. The Kier molecular flexibility index (Phi) is 6.52. The van der Waals surface area contributed by atoms with Crippen LogP contribution in [0.5, 0.6) is 5.75 Å². The van der Waals surface area contributed by atoms with Crippen molar-refractivity contribution in [1.82, 2.24) is 4.98 Å². The minimum atomic E-state index is -0.412. The number of hydrogen-bond donors (Lipinski definition) is 0. The third kappa shape index (κ3) is 4.26. The minimum Gasteiger partial charge on any atom is -0.488 e. The zero-order chi connectivity index (χ0) is 21.0. The van der Waals surface area contributed by atoms with Crippen molar-refractivity contribution in [2.24, 2.45) is 5.92 Å². The third-order valence-electron chi connectivity index (χ3n) is 5.28. The van der Waals surface area contributed by atoms with E-state index in [1.165, 1.54) is 6.20 Å². The molecule has 0 radical (unpaired) electrons. The van der Waals surface area contributed by atoms with Crippen molar-refractivity contribution < 1.29 is 19.1 Å². The summed E-state index contributed by atoms with van der Waals surface area (Å²) >= 11 is 0. The standard InChI is InChI=1S/C23H28N2O4/c1-5-15(4)21(26)19-9-8-18(12-16(19)6-2)25-10-11-29-20-13-17(14-24-22(20)25)23(27)28-7-3/h8-9,12-15H,5-7,10-11H2,1-4H3. The number of carbonyl (C=O) groups excluding carboxylic acids is 2. The molecule has 1 aromatic heterocycles. The van der Waals surface area contributed by atoms with Crippen LogP contribution in [0.15, 0.2) is 30.5 Å². The van der Waals surface area contributed by atoms with Gasteiger partial charge in [-0.05, 0) is 43.5 Å². The highest BCUT2D eigenvalue weighted by Gasteiger charge is 2.24. The fourth-order valence-corrected chi connectivity index (χ4v) is 3.41. The number of aromatic nitrogens is 1. The molecule has 1 unspecified atom stereocenters. The van der Waals surface area contributed by atoms with Gasteiger partial charge in [0.2, 0.25) is 0 Å². The molecular weight excluding hydrogens is 368 g/mol. The maximum Gasteiger partial charge on any atom is 0.339 e. The molecular formula is C23H28N2O4. The van der Waals surface area contributed by atoms with Gasteiger partial charge in [-0.15, -0.1) is 0 Å².